The van der Waals surface area contributed by atoms with Crippen molar-refractivity contribution < 1.29 is 8.42 Å². The minimum absolute atomic E-state index is 0.176. The number of aryl methyl sites for hydroxylation is 1. The number of benzene rings is 1. The molecule has 1 aromatic carbocycles. The minimum Gasteiger partial charge on any atom is -0.398 e. The fourth-order valence-corrected chi connectivity index (χ4v) is 5.25. The highest BCUT2D eigenvalue weighted by Crippen LogP contribution is 2.38. The smallest absolute Gasteiger partial charge is 0.150 e. The average Bonchev–Trinajstić information content (AvgIpc) is 2.34. The zero-order valence-corrected chi connectivity index (χ0v) is 13.1. The van der Waals surface area contributed by atoms with Gasteiger partial charge in [-0.25, -0.2) is 8.42 Å². The van der Waals surface area contributed by atoms with E-state index in [1.54, 1.807) is 11.8 Å². The molecular formula is C14H21NO2S2. The van der Waals surface area contributed by atoms with Gasteiger partial charge in [0.1, 0.15) is 9.84 Å². The van der Waals surface area contributed by atoms with Crippen LogP contribution in [0.3, 0.4) is 0 Å². The summed E-state index contributed by atoms with van der Waals surface area (Å²) in [5, 5.41) is 0.183. The summed E-state index contributed by atoms with van der Waals surface area (Å²) >= 11 is 1.74. The Bertz CT molecular complexity index is 555. The van der Waals surface area contributed by atoms with E-state index in [0.29, 0.717) is 5.25 Å². The highest BCUT2D eigenvalue weighted by Gasteiger charge is 2.29. The first-order chi connectivity index (χ1) is 8.88. The van der Waals surface area contributed by atoms with E-state index >= 15 is 0 Å². The van der Waals surface area contributed by atoms with Crippen molar-refractivity contribution in [3.8, 4) is 0 Å². The van der Waals surface area contributed by atoms with Crippen LogP contribution in [0.5, 0.6) is 0 Å². The van der Waals surface area contributed by atoms with Crippen LogP contribution in [-0.4, -0.2) is 25.2 Å². The van der Waals surface area contributed by atoms with E-state index in [2.05, 4.69) is 0 Å². The van der Waals surface area contributed by atoms with Crippen molar-refractivity contribution in [3.63, 3.8) is 0 Å². The molecule has 5 heteroatoms. The van der Waals surface area contributed by atoms with E-state index in [0.717, 1.165) is 41.8 Å². The molecule has 0 aromatic heterocycles. The highest BCUT2D eigenvalue weighted by molar-refractivity contribution is 8.00. The van der Waals surface area contributed by atoms with Crippen molar-refractivity contribution in [3.05, 3.63) is 23.8 Å². The van der Waals surface area contributed by atoms with Crippen LogP contribution in [0, 0.1) is 6.92 Å². The number of anilines is 1. The molecule has 2 N–H and O–H groups in total. The molecule has 2 unspecified atom stereocenters. The summed E-state index contributed by atoms with van der Waals surface area (Å²) in [6, 6.07) is 6.03. The molecule has 1 fully saturated rings. The largest absolute Gasteiger partial charge is 0.398 e. The van der Waals surface area contributed by atoms with Crippen molar-refractivity contribution in [2.45, 2.75) is 48.0 Å². The van der Waals surface area contributed by atoms with Gasteiger partial charge >= 0.3 is 0 Å². The van der Waals surface area contributed by atoms with Crippen LogP contribution in [0.15, 0.2) is 23.1 Å². The quantitative estimate of drug-likeness (QED) is 0.872. The zero-order valence-electron chi connectivity index (χ0n) is 11.4. The Balaban J connectivity index is 2.09. The fourth-order valence-electron chi connectivity index (χ4n) is 2.53. The second-order valence-electron chi connectivity index (χ2n) is 5.34. The zero-order chi connectivity index (χ0) is 14.0. The number of para-hydroxylation sites is 1. The molecule has 0 aliphatic heterocycles. The van der Waals surface area contributed by atoms with Crippen molar-refractivity contribution in [1.82, 2.24) is 0 Å². The van der Waals surface area contributed by atoms with Gasteiger partial charge in [0.05, 0.1) is 5.25 Å². The van der Waals surface area contributed by atoms with E-state index < -0.39 is 9.84 Å². The van der Waals surface area contributed by atoms with Gasteiger partial charge in [0.25, 0.3) is 0 Å². The summed E-state index contributed by atoms with van der Waals surface area (Å²) in [6.45, 7) is 2.00. The van der Waals surface area contributed by atoms with Gasteiger partial charge in [0.15, 0.2) is 0 Å². The van der Waals surface area contributed by atoms with Crippen LogP contribution in [0.25, 0.3) is 0 Å². The number of sulfone groups is 1. The van der Waals surface area contributed by atoms with Gasteiger partial charge in [-0.3, -0.25) is 0 Å². The summed E-state index contributed by atoms with van der Waals surface area (Å²) in [6.07, 6.45) is 4.97. The van der Waals surface area contributed by atoms with Gasteiger partial charge in [-0.15, -0.1) is 11.8 Å². The van der Waals surface area contributed by atoms with Crippen LogP contribution in [0.1, 0.15) is 31.2 Å². The molecular weight excluding hydrogens is 278 g/mol. The second kappa shape index (κ2) is 5.75. The van der Waals surface area contributed by atoms with Gasteiger partial charge < -0.3 is 5.73 Å². The summed E-state index contributed by atoms with van der Waals surface area (Å²) in [7, 11) is -2.91. The highest BCUT2D eigenvalue weighted by atomic mass is 32.2. The van der Waals surface area contributed by atoms with Crippen molar-refractivity contribution >= 4 is 27.3 Å². The van der Waals surface area contributed by atoms with Crippen molar-refractivity contribution in [2.75, 3.05) is 12.0 Å². The predicted molar refractivity (Wildman–Crippen MR) is 82.3 cm³/mol. The molecule has 1 saturated carbocycles. The molecule has 0 saturated heterocycles. The summed E-state index contributed by atoms with van der Waals surface area (Å²) in [5.41, 5.74) is 7.99. The third-order valence-electron chi connectivity index (χ3n) is 3.76. The molecule has 2 atom stereocenters. The molecule has 0 amide bonds. The number of nitrogen functional groups attached to an aromatic ring is 1. The Kier molecular flexibility index (Phi) is 4.46. The normalized spacial score (nSPS) is 24.3. The van der Waals surface area contributed by atoms with Crippen LogP contribution in [0.2, 0.25) is 0 Å². The van der Waals surface area contributed by atoms with Crippen LogP contribution >= 0.6 is 11.8 Å². The Morgan fingerprint density at radius 3 is 2.74 bits per heavy atom. The second-order valence-corrected chi connectivity index (χ2v) is 9.01. The van der Waals surface area contributed by atoms with Crippen molar-refractivity contribution in [1.29, 1.82) is 0 Å². The Labute approximate surface area is 119 Å². The number of thioether (sulfide) groups is 1. The molecule has 0 spiro atoms. The maximum atomic E-state index is 11.7. The van der Waals surface area contributed by atoms with Gasteiger partial charge in [0.2, 0.25) is 0 Å². The molecule has 0 bridgehead atoms. The maximum absolute atomic E-state index is 11.7. The molecule has 1 aliphatic rings. The van der Waals surface area contributed by atoms with Gasteiger partial charge in [-0.05, 0) is 37.8 Å². The van der Waals surface area contributed by atoms with Gasteiger partial charge in [-0.2, -0.15) is 0 Å². The Morgan fingerprint density at radius 1 is 1.32 bits per heavy atom. The Hall–Kier alpha value is -0.680. The lowest BCUT2D eigenvalue weighted by Crippen LogP contribution is -2.28. The maximum Gasteiger partial charge on any atom is 0.150 e. The first-order valence-electron chi connectivity index (χ1n) is 6.58. The van der Waals surface area contributed by atoms with E-state index in [1.165, 1.54) is 6.26 Å². The SMILES string of the molecule is Cc1cccc(SC2CCCC(S(C)(=O)=O)C2)c1N. The standard InChI is InChI=1S/C14H21NO2S2/c1-10-5-3-8-13(14(10)15)18-11-6-4-7-12(9-11)19(2,16)17/h3,5,8,11-12H,4,6-7,9,15H2,1-2H3. The Morgan fingerprint density at radius 2 is 2.05 bits per heavy atom. The lowest BCUT2D eigenvalue weighted by atomic mass is 10.00. The summed E-state index contributed by atoms with van der Waals surface area (Å²) < 4.78 is 23.3. The number of hydrogen-bond donors (Lipinski definition) is 1. The van der Waals surface area contributed by atoms with E-state index in [1.807, 2.05) is 25.1 Å². The summed E-state index contributed by atoms with van der Waals surface area (Å²) in [4.78, 5) is 1.08. The molecule has 1 aromatic rings. The molecule has 0 radical (unpaired) electrons. The number of rotatable bonds is 3. The third-order valence-corrected chi connectivity index (χ3v) is 6.77. The summed E-state index contributed by atoms with van der Waals surface area (Å²) in [5.74, 6) is 0. The molecule has 1 aliphatic carbocycles. The van der Waals surface area contributed by atoms with Gasteiger partial charge in [0, 0.05) is 22.1 Å². The lowest BCUT2D eigenvalue weighted by Gasteiger charge is -2.28. The average molecular weight is 299 g/mol. The monoisotopic (exact) mass is 299 g/mol. The molecule has 106 valence electrons. The van der Waals surface area contributed by atoms with Crippen molar-refractivity contribution in [2.24, 2.45) is 0 Å². The lowest BCUT2D eigenvalue weighted by molar-refractivity contribution is 0.495. The van der Waals surface area contributed by atoms with E-state index in [9.17, 15) is 8.42 Å². The van der Waals surface area contributed by atoms with E-state index in [-0.39, 0.29) is 5.25 Å². The molecule has 3 nitrogen and oxygen atoms in total. The third kappa shape index (κ3) is 3.66. The first kappa shape index (κ1) is 14.7. The van der Waals surface area contributed by atoms with Crippen LogP contribution in [0.4, 0.5) is 5.69 Å². The molecule has 0 heterocycles. The number of hydrogen-bond acceptors (Lipinski definition) is 4. The topological polar surface area (TPSA) is 60.2 Å². The molecule has 19 heavy (non-hydrogen) atoms. The van der Waals surface area contributed by atoms with Crippen LogP contribution < -0.4 is 5.73 Å². The van der Waals surface area contributed by atoms with E-state index in [4.69, 9.17) is 5.73 Å². The predicted octanol–water partition coefficient (Wildman–Crippen LogP) is 3.03. The number of nitrogens with two attached hydrogens (primary N) is 1. The van der Waals surface area contributed by atoms with Crippen LogP contribution in [-0.2, 0) is 9.84 Å². The molecule has 2 rings (SSSR count). The first-order valence-corrected chi connectivity index (χ1v) is 9.42. The minimum atomic E-state index is -2.91. The van der Waals surface area contributed by atoms with Gasteiger partial charge in [-0.1, -0.05) is 18.6 Å². The fraction of sp³-hybridized carbons (Fsp3) is 0.571.